The molecule has 12 heteroatoms. The van der Waals surface area contributed by atoms with Gasteiger partial charge in [-0.15, -0.1) is 0 Å². The quantitative estimate of drug-likeness (QED) is 0.145. The lowest BCUT2D eigenvalue weighted by Gasteiger charge is -2.24. The summed E-state index contributed by atoms with van der Waals surface area (Å²) in [4.78, 5) is 24.4. The number of phenolic OH excluding ortho intramolecular Hbond substituents is 3. The zero-order valence-corrected chi connectivity index (χ0v) is 31.1. The van der Waals surface area contributed by atoms with Gasteiger partial charge in [-0.2, -0.15) is 0 Å². The van der Waals surface area contributed by atoms with Crippen molar-refractivity contribution in [3.8, 4) is 45.3 Å². The van der Waals surface area contributed by atoms with Gasteiger partial charge in [-0.1, -0.05) is 46.4 Å². The molecule has 0 amide bonds. The first kappa shape index (κ1) is 39.6. The lowest BCUT2D eigenvalue weighted by atomic mass is 9.83. The van der Waals surface area contributed by atoms with Crippen LogP contribution in [0, 0.1) is 0 Å². The van der Waals surface area contributed by atoms with E-state index >= 15 is 0 Å². The fourth-order valence-electron chi connectivity index (χ4n) is 4.94. The van der Waals surface area contributed by atoms with Gasteiger partial charge in [-0.3, -0.25) is 9.59 Å². The molecule has 4 aromatic carbocycles. The molecule has 0 saturated heterocycles. The van der Waals surface area contributed by atoms with E-state index in [1.54, 1.807) is 84.0 Å². The van der Waals surface area contributed by atoms with E-state index in [1.807, 2.05) is 0 Å². The monoisotopic (exact) mass is 750 g/mol. The maximum absolute atomic E-state index is 12.2. The van der Waals surface area contributed by atoms with Crippen molar-refractivity contribution in [1.29, 1.82) is 0 Å². The predicted octanol–water partition coefficient (Wildman–Crippen LogP) is 10.1. The van der Waals surface area contributed by atoms with Gasteiger partial charge in [-0.25, -0.2) is 0 Å². The van der Waals surface area contributed by atoms with Crippen molar-refractivity contribution >= 4 is 58.3 Å². The molecule has 4 rings (SSSR count). The average molecular weight is 753 g/mol. The van der Waals surface area contributed by atoms with Gasteiger partial charge in [0.2, 0.25) is 0 Å². The average Bonchev–Trinajstić information content (AvgIpc) is 2.99. The molecule has 0 heterocycles. The highest BCUT2D eigenvalue weighted by Crippen LogP contribution is 2.44. The summed E-state index contributed by atoms with van der Waals surface area (Å²) in [6, 6.07) is 15.8. The summed E-state index contributed by atoms with van der Waals surface area (Å²) in [5.41, 5.74) is 0.805. The standard InChI is InChI=1S/C19H20Cl2O4.C18H18Cl2O4/c1-5-25-18(23)19(2,3)12-8-15(22)17(16(9-12)24-4)11-6-13(20)10-14(21)7-11;1-4-24-17(23)18(2,3)11-7-14(21)16(15(22)8-11)10-5-12(19)9-13(20)6-10/h6-10,22H,5H2,1-4H3;5-9,21-22H,4H2,1-3H3. The second-order valence-electron chi connectivity index (χ2n) is 12.0. The molecule has 49 heavy (non-hydrogen) atoms. The second kappa shape index (κ2) is 16.3. The molecule has 262 valence electrons. The highest BCUT2D eigenvalue weighted by Gasteiger charge is 2.34. The fourth-order valence-corrected chi connectivity index (χ4v) is 5.99. The number of carbonyl (C=O) groups is 2. The van der Waals surface area contributed by atoms with Crippen molar-refractivity contribution in [3.05, 3.63) is 91.9 Å². The summed E-state index contributed by atoms with van der Waals surface area (Å²) < 4.78 is 15.6. The van der Waals surface area contributed by atoms with Crippen molar-refractivity contribution in [2.75, 3.05) is 20.3 Å². The van der Waals surface area contributed by atoms with Crippen molar-refractivity contribution in [3.63, 3.8) is 0 Å². The van der Waals surface area contributed by atoms with Gasteiger partial charge in [-0.05, 0) is 124 Å². The van der Waals surface area contributed by atoms with E-state index in [4.69, 9.17) is 60.6 Å². The number of hydrogen-bond acceptors (Lipinski definition) is 8. The van der Waals surface area contributed by atoms with Crippen molar-refractivity contribution < 1.29 is 39.1 Å². The number of rotatable bonds is 9. The third-order valence-electron chi connectivity index (χ3n) is 7.72. The molecule has 0 aliphatic heterocycles. The number of halogens is 4. The highest BCUT2D eigenvalue weighted by atomic mass is 35.5. The van der Waals surface area contributed by atoms with Gasteiger partial charge in [0.25, 0.3) is 0 Å². The van der Waals surface area contributed by atoms with E-state index < -0.39 is 16.8 Å². The topological polar surface area (TPSA) is 123 Å². The first-order valence-electron chi connectivity index (χ1n) is 15.1. The van der Waals surface area contributed by atoms with Gasteiger partial charge in [0, 0.05) is 20.1 Å². The SMILES string of the molecule is CCOC(=O)C(C)(C)c1cc(O)c(-c2cc(Cl)cc(Cl)c2)c(O)c1.CCOC(=O)C(C)(C)c1cc(O)c(-c2cc(Cl)cc(Cl)c2)c(OC)c1. The normalized spacial score (nSPS) is 11.3. The summed E-state index contributed by atoms with van der Waals surface area (Å²) in [7, 11) is 1.49. The van der Waals surface area contributed by atoms with Crippen LogP contribution in [0.3, 0.4) is 0 Å². The summed E-state index contributed by atoms with van der Waals surface area (Å²) in [6.07, 6.45) is 0. The van der Waals surface area contributed by atoms with Gasteiger partial charge in [0.05, 0.1) is 42.3 Å². The minimum Gasteiger partial charge on any atom is -0.507 e. The Bertz CT molecular complexity index is 1790. The fraction of sp³-hybridized carbons (Fsp3) is 0.297. The van der Waals surface area contributed by atoms with Gasteiger partial charge in [0.1, 0.15) is 23.0 Å². The van der Waals surface area contributed by atoms with Crippen LogP contribution in [0.2, 0.25) is 20.1 Å². The van der Waals surface area contributed by atoms with E-state index in [0.29, 0.717) is 53.7 Å². The van der Waals surface area contributed by atoms with E-state index in [-0.39, 0.29) is 42.0 Å². The molecule has 0 unspecified atom stereocenters. The van der Waals surface area contributed by atoms with E-state index in [9.17, 15) is 24.9 Å². The van der Waals surface area contributed by atoms with Gasteiger partial charge < -0.3 is 29.5 Å². The van der Waals surface area contributed by atoms with Crippen LogP contribution in [0.1, 0.15) is 52.7 Å². The predicted molar refractivity (Wildman–Crippen MR) is 195 cm³/mol. The summed E-state index contributed by atoms with van der Waals surface area (Å²) >= 11 is 24.1. The van der Waals surface area contributed by atoms with Crippen molar-refractivity contribution in [1.82, 2.24) is 0 Å². The first-order chi connectivity index (χ1) is 22.9. The van der Waals surface area contributed by atoms with Crippen LogP contribution < -0.4 is 4.74 Å². The van der Waals surface area contributed by atoms with Crippen molar-refractivity contribution in [2.24, 2.45) is 0 Å². The maximum atomic E-state index is 12.2. The largest absolute Gasteiger partial charge is 0.507 e. The molecule has 0 saturated carbocycles. The molecule has 0 aliphatic carbocycles. The molecule has 0 bridgehead atoms. The molecule has 8 nitrogen and oxygen atoms in total. The molecule has 0 aliphatic rings. The molecule has 0 atom stereocenters. The molecular formula is C37H38Cl4O8. The Morgan fingerprint density at radius 1 is 0.571 bits per heavy atom. The van der Waals surface area contributed by atoms with E-state index in [0.717, 1.165) is 0 Å². The van der Waals surface area contributed by atoms with Crippen LogP contribution in [0.15, 0.2) is 60.7 Å². The molecule has 0 aromatic heterocycles. The smallest absolute Gasteiger partial charge is 0.315 e. The van der Waals surface area contributed by atoms with Crippen LogP contribution in [-0.2, 0) is 29.9 Å². The third-order valence-corrected chi connectivity index (χ3v) is 8.59. The lowest BCUT2D eigenvalue weighted by molar-refractivity contribution is -0.149. The zero-order chi connectivity index (χ0) is 36.8. The Labute approximate surface area is 306 Å². The van der Waals surface area contributed by atoms with E-state index in [2.05, 4.69) is 0 Å². The number of ether oxygens (including phenoxy) is 3. The zero-order valence-electron chi connectivity index (χ0n) is 28.1. The number of hydrogen-bond donors (Lipinski definition) is 3. The Morgan fingerprint density at radius 3 is 1.24 bits per heavy atom. The number of carbonyl (C=O) groups excluding carboxylic acids is 2. The van der Waals surface area contributed by atoms with Crippen LogP contribution in [0.5, 0.6) is 23.0 Å². The molecule has 0 radical (unpaired) electrons. The minimum absolute atomic E-state index is 0.0370. The maximum Gasteiger partial charge on any atom is 0.315 e. The van der Waals surface area contributed by atoms with Gasteiger partial charge in [0.15, 0.2) is 0 Å². The van der Waals surface area contributed by atoms with Crippen LogP contribution >= 0.6 is 46.4 Å². The van der Waals surface area contributed by atoms with Gasteiger partial charge >= 0.3 is 11.9 Å². The third kappa shape index (κ3) is 9.25. The lowest BCUT2D eigenvalue weighted by Crippen LogP contribution is -2.31. The highest BCUT2D eigenvalue weighted by molar-refractivity contribution is 6.35. The number of aromatic hydroxyl groups is 3. The van der Waals surface area contributed by atoms with Crippen LogP contribution in [0.4, 0.5) is 0 Å². The Kier molecular flexibility index (Phi) is 13.1. The van der Waals surface area contributed by atoms with Crippen molar-refractivity contribution in [2.45, 2.75) is 52.4 Å². The Hall–Kier alpha value is -3.82. The summed E-state index contributed by atoms with van der Waals surface area (Å²) in [5, 5.41) is 33.0. The Balaban J connectivity index is 0.000000266. The molecule has 0 fully saturated rings. The summed E-state index contributed by atoms with van der Waals surface area (Å²) in [6.45, 7) is 10.8. The number of benzene rings is 4. The summed E-state index contributed by atoms with van der Waals surface area (Å²) in [5.74, 6) is -0.811. The number of esters is 2. The second-order valence-corrected chi connectivity index (χ2v) is 13.7. The molecular weight excluding hydrogens is 714 g/mol. The van der Waals surface area contributed by atoms with Crippen LogP contribution in [-0.4, -0.2) is 47.6 Å². The number of methoxy groups -OCH3 is 1. The molecule has 3 N–H and O–H groups in total. The first-order valence-corrected chi connectivity index (χ1v) is 16.6. The molecule has 0 spiro atoms. The van der Waals surface area contributed by atoms with Crippen LogP contribution in [0.25, 0.3) is 22.3 Å². The Morgan fingerprint density at radius 2 is 0.898 bits per heavy atom. The van der Waals surface area contributed by atoms with E-state index in [1.165, 1.54) is 25.3 Å². The number of phenols is 3. The molecule has 4 aromatic rings. The minimum atomic E-state index is -1.02.